The molecule has 9 nitrogen and oxygen atoms in total. The van der Waals surface area contributed by atoms with Gasteiger partial charge < -0.3 is 15.0 Å². The summed E-state index contributed by atoms with van der Waals surface area (Å²) < 4.78 is 34.4. The molecule has 4 heterocycles. The Kier molecular flexibility index (Phi) is 7.25. The van der Waals surface area contributed by atoms with Crippen LogP contribution in [0, 0.1) is 0 Å². The fourth-order valence-electron chi connectivity index (χ4n) is 7.26. The lowest BCUT2D eigenvalue weighted by atomic mass is 9.99. The molecule has 0 radical (unpaired) electrons. The Labute approximate surface area is 254 Å². The first-order chi connectivity index (χ1) is 21.3. The predicted molar refractivity (Wildman–Crippen MR) is 162 cm³/mol. The molecule has 3 saturated heterocycles. The number of anilines is 2. The molecule has 2 unspecified atom stereocenters. The van der Waals surface area contributed by atoms with Gasteiger partial charge in [-0.05, 0) is 55.3 Å². The summed E-state index contributed by atoms with van der Waals surface area (Å²) in [5.41, 5.74) is 2.93. The van der Waals surface area contributed by atoms with Crippen molar-refractivity contribution in [2.24, 2.45) is 0 Å². The zero-order valence-corrected chi connectivity index (χ0v) is 24.6. The Morgan fingerprint density at radius 2 is 1.68 bits per heavy atom. The van der Waals surface area contributed by atoms with Crippen LogP contribution in [0.25, 0.3) is 10.8 Å². The quantitative estimate of drug-likeness (QED) is 0.431. The highest BCUT2D eigenvalue weighted by atomic mass is 19.3. The number of hydrogen-bond donors (Lipinski definition) is 1. The summed E-state index contributed by atoms with van der Waals surface area (Å²) in [5.74, 6) is -2.97. The van der Waals surface area contributed by atoms with E-state index in [9.17, 15) is 23.2 Å². The van der Waals surface area contributed by atoms with Crippen molar-refractivity contribution in [2.45, 2.75) is 43.8 Å². The normalized spacial score (nSPS) is 24.0. The van der Waals surface area contributed by atoms with Crippen LogP contribution in [0.2, 0.25) is 0 Å². The smallest absolute Gasteiger partial charge is 0.275 e. The number of likely N-dealkylation sites (tertiary alicyclic amines) is 1. The number of rotatable bonds is 6. The number of nitrogens with one attached hydrogen (secondary N) is 1. The first-order valence-corrected chi connectivity index (χ1v) is 15.2. The number of methoxy groups -OCH3 is 1. The molecule has 7 rings (SSSR count). The minimum atomic E-state index is -2.75. The number of carbonyl (C=O) groups excluding carboxylic acids is 3. The summed E-state index contributed by atoms with van der Waals surface area (Å²) in [6, 6.07) is 15.1. The summed E-state index contributed by atoms with van der Waals surface area (Å²) >= 11 is 0. The van der Waals surface area contributed by atoms with Crippen LogP contribution in [0.15, 0.2) is 54.6 Å². The molecule has 0 aromatic heterocycles. The maximum Gasteiger partial charge on any atom is 0.275 e. The first-order valence-electron chi connectivity index (χ1n) is 15.2. The number of alkyl halides is 2. The lowest BCUT2D eigenvalue weighted by Gasteiger charge is -2.44. The van der Waals surface area contributed by atoms with E-state index in [1.54, 1.807) is 30.2 Å². The van der Waals surface area contributed by atoms with Crippen molar-refractivity contribution >= 4 is 39.9 Å². The van der Waals surface area contributed by atoms with Crippen LogP contribution in [0.5, 0.6) is 5.75 Å². The molecule has 3 aromatic carbocycles. The first kappa shape index (κ1) is 28.7. The van der Waals surface area contributed by atoms with E-state index in [1.807, 2.05) is 41.3 Å². The van der Waals surface area contributed by atoms with E-state index >= 15 is 0 Å². The third-order valence-corrected chi connectivity index (χ3v) is 9.54. The second-order valence-electron chi connectivity index (χ2n) is 12.0. The number of hydrogen-bond acceptors (Lipinski definition) is 7. The monoisotopic (exact) mass is 603 g/mol. The number of piperidine rings is 2. The highest BCUT2D eigenvalue weighted by molar-refractivity contribution is 6.28. The average Bonchev–Trinajstić information content (AvgIpc) is 3.32. The van der Waals surface area contributed by atoms with Crippen LogP contribution < -0.4 is 19.9 Å². The second-order valence-corrected chi connectivity index (χ2v) is 12.0. The Balaban J connectivity index is 1.13. The van der Waals surface area contributed by atoms with Crippen molar-refractivity contribution in [2.75, 3.05) is 56.2 Å². The molecule has 0 saturated carbocycles. The van der Waals surface area contributed by atoms with Gasteiger partial charge in [0.2, 0.25) is 5.91 Å². The molecule has 230 valence electrons. The highest BCUT2D eigenvalue weighted by Gasteiger charge is 2.46. The summed E-state index contributed by atoms with van der Waals surface area (Å²) in [6.07, 6.45) is 0.840. The highest BCUT2D eigenvalue weighted by Crippen LogP contribution is 2.44. The maximum absolute atomic E-state index is 14.6. The maximum atomic E-state index is 14.6. The largest absolute Gasteiger partial charge is 0.497 e. The molecule has 0 bridgehead atoms. The van der Waals surface area contributed by atoms with Gasteiger partial charge in [0.25, 0.3) is 17.7 Å². The Hall–Kier alpha value is -4.09. The van der Waals surface area contributed by atoms with E-state index in [1.165, 1.54) is 4.90 Å². The van der Waals surface area contributed by atoms with Crippen molar-refractivity contribution < 1.29 is 27.9 Å². The molecule has 3 fully saturated rings. The van der Waals surface area contributed by atoms with E-state index < -0.39 is 18.0 Å². The Morgan fingerprint density at radius 3 is 2.41 bits per heavy atom. The molecule has 1 N–H and O–H groups in total. The lowest BCUT2D eigenvalue weighted by molar-refractivity contribution is -0.149. The van der Waals surface area contributed by atoms with Gasteiger partial charge in [0.15, 0.2) is 0 Å². The number of nitrogens with zero attached hydrogens (tertiary/aromatic N) is 4. The molecular weight excluding hydrogens is 568 g/mol. The molecule has 4 aliphatic rings. The molecule has 0 aliphatic carbocycles. The number of imide groups is 1. The van der Waals surface area contributed by atoms with E-state index in [0.717, 1.165) is 22.0 Å². The van der Waals surface area contributed by atoms with Gasteiger partial charge in [-0.25, -0.2) is 8.78 Å². The van der Waals surface area contributed by atoms with Gasteiger partial charge in [0, 0.05) is 54.6 Å². The Morgan fingerprint density at radius 1 is 0.932 bits per heavy atom. The summed E-state index contributed by atoms with van der Waals surface area (Å²) in [4.78, 5) is 47.5. The van der Waals surface area contributed by atoms with Gasteiger partial charge >= 0.3 is 0 Å². The predicted octanol–water partition coefficient (Wildman–Crippen LogP) is 3.65. The molecule has 44 heavy (non-hydrogen) atoms. The van der Waals surface area contributed by atoms with Crippen molar-refractivity contribution in [3.8, 4) is 5.75 Å². The fourth-order valence-corrected chi connectivity index (χ4v) is 7.26. The number of ether oxygens (including phenoxy) is 1. The van der Waals surface area contributed by atoms with Crippen molar-refractivity contribution in [3.05, 3.63) is 65.7 Å². The van der Waals surface area contributed by atoms with Crippen LogP contribution in [0.1, 0.15) is 35.2 Å². The van der Waals surface area contributed by atoms with Gasteiger partial charge in [-0.2, -0.15) is 0 Å². The van der Waals surface area contributed by atoms with Gasteiger partial charge in [-0.15, -0.1) is 0 Å². The van der Waals surface area contributed by atoms with E-state index in [4.69, 9.17) is 4.74 Å². The lowest BCUT2D eigenvalue weighted by Crippen LogP contribution is -2.61. The van der Waals surface area contributed by atoms with Crippen LogP contribution >= 0.6 is 0 Å². The molecule has 3 amide bonds. The van der Waals surface area contributed by atoms with Gasteiger partial charge in [-0.3, -0.25) is 29.1 Å². The van der Waals surface area contributed by atoms with Crippen molar-refractivity contribution in [1.29, 1.82) is 0 Å². The number of carbonyl (C=O) groups is 3. The minimum absolute atomic E-state index is 0.122. The third-order valence-electron chi connectivity index (χ3n) is 9.54. The summed E-state index contributed by atoms with van der Waals surface area (Å²) in [5, 5.41) is 4.48. The number of benzene rings is 3. The zero-order valence-electron chi connectivity index (χ0n) is 24.6. The van der Waals surface area contributed by atoms with Gasteiger partial charge in [0.05, 0.1) is 31.9 Å². The van der Waals surface area contributed by atoms with E-state index in [0.29, 0.717) is 56.1 Å². The molecule has 11 heteroatoms. The number of halogens is 2. The van der Waals surface area contributed by atoms with E-state index in [-0.39, 0.29) is 43.7 Å². The minimum Gasteiger partial charge on any atom is -0.497 e. The van der Waals surface area contributed by atoms with Crippen LogP contribution in [0.4, 0.5) is 20.2 Å². The van der Waals surface area contributed by atoms with Crippen molar-refractivity contribution in [3.63, 3.8) is 0 Å². The fraction of sp³-hybridized carbons (Fsp3) is 0.424. The van der Waals surface area contributed by atoms with Crippen molar-refractivity contribution in [1.82, 2.24) is 15.1 Å². The topological polar surface area (TPSA) is 85.4 Å². The standard InChI is InChI=1S/C33H35F2N5O4/c1-44-22-7-5-21(6-8-22)19-39-29(41)12-11-27(32(39)43)40-26-10-9-25(23-3-2-4-24(30(23)26)31(40)42)37-15-17-38(18-16-37)28-13-14-36-20-33(28,34)35/h2-10,27-28,36H,11-20H2,1H3. The Bertz CT molecular complexity index is 1620. The van der Waals surface area contributed by atoms with E-state index in [2.05, 4.69) is 10.2 Å². The second kappa shape index (κ2) is 11.1. The van der Waals surface area contributed by atoms with Gasteiger partial charge in [0.1, 0.15) is 11.8 Å². The number of piperazine rings is 1. The molecule has 0 spiro atoms. The molecular formula is C33H35F2N5O4. The molecule has 4 aliphatic heterocycles. The van der Waals surface area contributed by atoms with Crippen LogP contribution in [0.3, 0.4) is 0 Å². The number of amides is 3. The van der Waals surface area contributed by atoms with Crippen LogP contribution in [-0.2, 0) is 16.1 Å². The van der Waals surface area contributed by atoms with Crippen LogP contribution in [-0.4, -0.2) is 91.9 Å². The third kappa shape index (κ3) is 4.78. The average molecular weight is 604 g/mol. The summed E-state index contributed by atoms with van der Waals surface area (Å²) in [7, 11) is 1.58. The molecule has 3 aromatic rings. The molecule has 2 atom stereocenters. The van der Waals surface area contributed by atoms with Gasteiger partial charge in [-0.1, -0.05) is 24.3 Å². The summed E-state index contributed by atoms with van der Waals surface area (Å²) in [6.45, 7) is 2.69. The SMILES string of the molecule is COc1ccc(CN2C(=O)CCC(N3C(=O)c4cccc5c(N6CCN(C7CCNCC7(F)F)CC6)ccc3c45)C2=O)cc1. The zero-order chi connectivity index (χ0) is 30.6.